The molecule has 7 nitrogen and oxygen atoms in total. The summed E-state index contributed by atoms with van der Waals surface area (Å²) in [7, 11) is 1.79. The van der Waals surface area contributed by atoms with Crippen LogP contribution in [0.15, 0.2) is 27.8 Å². The molecule has 2 aromatic rings. The van der Waals surface area contributed by atoms with Crippen molar-refractivity contribution < 1.29 is 4.42 Å². The zero-order valence-electron chi connectivity index (χ0n) is 14.1. The summed E-state index contributed by atoms with van der Waals surface area (Å²) < 4.78 is 5.30. The summed E-state index contributed by atoms with van der Waals surface area (Å²) in [6.45, 7) is 0.534. The minimum atomic E-state index is 0.482. The molecule has 2 atom stereocenters. The number of nitrogens with one attached hydrogen (secondary N) is 3. The first-order valence-electron chi connectivity index (χ1n) is 8.23. The van der Waals surface area contributed by atoms with E-state index in [9.17, 15) is 0 Å². The van der Waals surface area contributed by atoms with Crippen LogP contribution in [-0.2, 0) is 6.54 Å². The number of rotatable bonds is 5. The summed E-state index contributed by atoms with van der Waals surface area (Å²) in [4.78, 5) is 8.73. The number of nitrogens with zero attached hydrogens (tertiary/aromatic N) is 3. The van der Waals surface area contributed by atoms with Crippen molar-refractivity contribution in [1.29, 1.82) is 0 Å². The highest BCUT2D eigenvalue weighted by Gasteiger charge is 2.22. The topological polar surface area (TPSA) is 91.1 Å². The fourth-order valence-electron chi connectivity index (χ4n) is 2.94. The van der Waals surface area contributed by atoms with E-state index >= 15 is 0 Å². The molecule has 1 aliphatic carbocycles. The van der Waals surface area contributed by atoms with E-state index in [1.54, 1.807) is 13.3 Å². The third-order valence-electron chi connectivity index (χ3n) is 4.22. The van der Waals surface area contributed by atoms with E-state index in [-0.39, 0.29) is 0 Å². The summed E-state index contributed by atoms with van der Waals surface area (Å²) in [5.74, 6) is 2.77. The largest absolute Gasteiger partial charge is 0.461 e. The Morgan fingerprint density at radius 3 is 3.17 bits per heavy atom. The van der Waals surface area contributed by atoms with Gasteiger partial charge in [0.05, 0.1) is 12.8 Å². The summed E-state index contributed by atoms with van der Waals surface area (Å²) in [5.41, 5.74) is 0. The van der Waals surface area contributed by atoms with Crippen molar-refractivity contribution in [2.24, 2.45) is 4.99 Å². The van der Waals surface area contributed by atoms with Crippen LogP contribution in [0.25, 0.3) is 11.6 Å². The van der Waals surface area contributed by atoms with Crippen LogP contribution in [0.1, 0.15) is 31.5 Å². The number of furan rings is 1. The van der Waals surface area contributed by atoms with Gasteiger partial charge in [0, 0.05) is 18.3 Å². The van der Waals surface area contributed by atoms with Crippen LogP contribution in [-0.4, -0.2) is 45.7 Å². The summed E-state index contributed by atoms with van der Waals surface area (Å²) in [5, 5.41) is 14.7. The SMILES string of the molecule is CN=C(NCc1nc(-c2ccco2)n[nH]1)NC1CCCC(SC)C1. The van der Waals surface area contributed by atoms with Crippen molar-refractivity contribution in [1.82, 2.24) is 25.8 Å². The molecule has 130 valence electrons. The van der Waals surface area contributed by atoms with Crippen molar-refractivity contribution >= 4 is 17.7 Å². The van der Waals surface area contributed by atoms with Crippen LogP contribution < -0.4 is 10.6 Å². The predicted octanol–water partition coefficient (Wildman–Crippen LogP) is 2.40. The van der Waals surface area contributed by atoms with Gasteiger partial charge < -0.3 is 15.1 Å². The highest BCUT2D eigenvalue weighted by atomic mass is 32.2. The number of aromatic nitrogens is 3. The van der Waals surface area contributed by atoms with E-state index < -0.39 is 0 Å². The fourth-order valence-corrected chi connectivity index (χ4v) is 3.76. The molecule has 1 saturated carbocycles. The van der Waals surface area contributed by atoms with Crippen molar-refractivity contribution in [3.8, 4) is 11.6 Å². The van der Waals surface area contributed by atoms with Gasteiger partial charge in [-0.2, -0.15) is 11.8 Å². The normalized spacial score (nSPS) is 21.7. The number of aliphatic imine (C=N–C) groups is 1. The van der Waals surface area contributed by atoms with Gasteiger partial charge >= 0.3 is 0 Å². The Kier molecular flexibility index (Phi) is 5.79. The van der Waals surface area contributed by atoms with Gasteiger partial charge in [0.2, 0.25) is 5.82 Å². The lowest BCUT2D eigenvalue weighted by atomic mass is 9.95. The van der Waals surface area contributed by atoms with E-state index in [1.165, 1.54) is 25.7 Å². The highest BCUT2D eigenvalue weighted by Crippen LogP contribution is 2.26. The lowest BCUT2D eigenvalue weighted by Gasteiger charge is -2.29. The third kappa shape index (κ3) is 4.31. The van der Waals surface area contributed by atoms with Crippen molar-refractivity contribution in [2.75, 3.05) is 13.3 Å². The summed E-state index contributed by atoms with van der Waals surface area (Å²) in [6.07, 6.45) is 8.78. The molecular weight excluding hydrogens is 324 g/mol. The van der Waals surface area contributed by atoms with Gasteiger partial charge in [-0.15, -0.1) is 5.10 Å². The lowest BCUT2D eigenvalue weighted by molar-refractivity contribution is 0.419. The minimum absolute atomic E-state index is 0.482. The zero-order valence-corrected chi connectivity index (χ0v) is 14.9. The van der Waals surface area contributed by atoms with Crippen LogP contribution in [0.3, 0.4) is 0 Å². The Labute approximate surface area is 146 Å². The molecule has 3 N–H and O–H groups in total. The second kappa shape index (κ2) is 8.23. The monoisotopic (exact) mass is 348 g/mol. The number of aromatic amines is 1. The number of H-pyrrole nitrogens is 1. The second-order valence-electron chi connectivity index (χ2n) is 5.87. The van der Waals surface area contributed by atoms with Gasteiger partial charge in [-0.25, -0.2) is 4.98 Å². The zero-order chi connectivity index (χ0) is 16.8. The molecule has 8 heteroatoms. The van der Waals surface area contributed by atoms with Crippen LogP contribution >= 0.6 is 11.8 Å². The molecule has 0 aliphatic heterocycles. The average Bonchev–Trinajstić information content (AvgIpc) is 3.30. The Balaban J connectivity index is 1.51. The summed E-state index contributed by atoms with van der Waals surface area (Å²) in [6, 6.07) is 4.14. The molecule has 0 bridgehead atoms. The Bertz CT molecular complexity index is 653. The smallest absolute Gasteiger partial charge is 0.216 e. The molecule has 1 fully saturated rings. The molecule has 2 aromatic heterocycles. The van der Waals surface area contributed by atoms with Gasteiger partial charge in [-0.1, -0.05) is 6.42 Å². The van der Waals surface area contributed by atoms with Gasteiger partial charge in [0.15, 0.2) is 11.7 Å². The first-order valence-corrected chi connectivity index (χ1v) is 9.52. The Morgan fingerprint density at radius 1 is 1.50 bits per heavy atom. The molecule has 0 saturated heterocycles. The van der Waals surface area contributed by atoms with Crippen LogP contribution in [0.4, 0.5) is 0 Å². The number of hydrogen-bond acceptors (Lipinski definition) is 5. The summed E-state index contributed by atoms with van der Waals surface area (Å²) >= 11 is 1.96. The van der Waals surface area contributed by atoms with Gasteiger partial charge in [-0.3, -0.25) is 10.1 Å². The molecule has 24 heavy (non-hydrogen) atoms. The van der Waals surface area contributed by atoms with Gasteiger partial charge in [0.25, 0.3) is 0 Å². The molecule has 0 amide bonds. The number of hydrogen-bond donors (Lipinski definition) is 3. The van der Waals surface area contributed by atoms with E-state index in [1.807, 2.05) is 23.9 Å². The predicted molar refractivity (Wildman–Crippen MR) is 97.0 cm³/mol. The first kappa shape index (κ1) is 16.9. The van der Waals surface area contributed by atoms with E-state index in [0.29, 0.717) is 24.2 Å². The highest BCUT2D eigenvalue weighted by molar-refractivity contribution is 7.99. The quantitative estimate of drug-likeness (QED) is 0.568. The molecular formula is C16H24N6OS. The average molecular weight is 348 g/mol. The maximum atomic E-state index is 5.30. The van der Waals surface area contributed by atoms with Crippen molar-refractivity contribution in [2.45, 2.75) is 43.5 Å². The molecule has 2 heterocycles. The fraction of sp³-hybridized carbons (Fsp3) is 0.562. The molecule has 0 radical (unpaired) electrons. The Morgan fingerprint density at radius 2 is 2.42 bits per heavy atom. The molecule has 0 aromatic carbocycles. The van der Waals surface area contributed by atoms with Gasteiger partial charge in [-0.05, 0) is 37.7 Å². The van der Waals surface area contributed by atoms with Gasteiger partial charge in [0.1, 0.15) is 5.82 Å². The number of thioether (sulfide) groups is 1. The standard InChI is InChI=1S/C16H24N6OS/c1-17-16(19-11-5-3-6-12(9-11)24-2)18-10-14-20-15(22-21-14)13-7-4-8-23-13/h4,7-8,11-12H,3,5-6,9-10H2,1-2H3,(H2,17,18,19)(H,20,21,22). The molecule has 1 aliphatic rings. The van der Waals surface area contributed by atoms with Crippen LogP contribution in [0.2, 0.25) is 0 Å². The maximum Gasteiger partial charge on any atom is 0.216 e. The number of guanidine groups is 1. The maximum absolute atomic E-state index is 5.30. The van der Waals surface area contributed by atoms with Crippen molar-refractivity contribution in [3.05, 3.63) is 24.2 Å². The van der Waals surface area contributed by atoms with E-state index in [4.69, 9.17) is 4.42 Å². The van der Waals surface area contributed by atoms with E-state index in [2.05, 4.69) is 37.1 Å². The molecule has 2 unspecified atom stereocenters. The third-order valence-corrected chi connectivity index (χ3v) is 5.32. The lowest BCUT2D eigenvalue weighted by Crippen LogP contribution is -2.45. The first-order chi connectivity index (χ1) is 11.8. The second-order valence-corrected chi connectivity index (χ2v) is 7.01. The molecule has 0 spiro atoms. The Hall–Kier alpha value is -1.96. The molecule has 3 rings (SSSR count). The van der Waals surface area contributed by atoms with E-state index in [0.717, 1.165) is 17.0 Å². The van der Waals surface area contributed by atoms with Crippen LogP contribution in [0, 0.1) is 0 Å². The van der Waals surface area contributed by atoms with Crippen LogP contribution in [0.5, 0.6) is 0 Å². The van der Waals surface area contributed by atoms with Crippen molar-refractivity contribution in [3.63, 3.8) is 0 Å². The minimum Gasteiger partial charge on any atom is -0.461 e.